The Morgan fingerprint density at radius 1 is 1.32 bits per heavy atom. The Labute approximate surface area is 110 Å². The highest BCUT2D eigenvalue weighted by molar-refractivity contribution is 6.08. The Kier molecular flexibility index (Phi) is 3.25. The molecule has 0 bridgehead atoms. The van der Waals surface area contributed by atoms with E-state index in [1.165, 1.54) is 0 Å². The van der Waals surface area contributed by atoms with Gasteiger partial charge in [-0.3, -0.25) is 15.0 Å². The molecule has 1 atom stereocenters. The minimum atomic E-state index is -1.15. The standard InChI is InChI=1S/C13H15N3O3/c1-3-10(17)15-16-11(18)13(2,14-12(16)19)9-7-5-4-6-8-9/h4-8H,3H2,1-2H3,(H,14,19)(H,15,17). The largest absolute Gasteiger partial charge is 0.344 e. The zero-order chi connectivity index (χ0) is 14.0. The number of urea groups is 1. The molecule has 4 amide bonds. The summed E-state index contributed by atoms with van der Waals surface area (Å²) in [5.74, 6) is -0.883. The second-order valence-electron chi connectivity index (χ2n) is 4.45. The molecular weight excluding hydrogens is 246 g/mol. The number of amides is 4. The fraction of sp³-hybridized carbons (Fsp3) is 0.308. The van der Waals surface area contributed by atoms with Gasteiger partial charge >= 0.3 is 6.03 Å². The molecule has 2 N–H and O–H groups in total. The van der Waals surface area contributed by atoms with Crippen molar-refractivity contribution in [1.29, 1.82) is 0 Å². The second kappa shape index (κ2) is 4.72. The molecule has 0 aromatic heterocycles. The molecule has 1 aromatic rings. The van der Waals surface area contributed by atoms with Crippen LogP contribution in [0.15, 0.2) is 30.3 Å². The fourth-order valence-electron chi connectivity index (χ4n) is 1.91. The van der Waals surface area contributed by atoms with Crippen LogP contribution in [0.4, 0.5) is 4.79 Å². The highest BCUT2D eigenvalue weighted by Crippen LogP contribution is 2.27. The monoisotopic (exact) mass is 261 g/mol. The Morgan fingerprint density at radius 3 is 2.53 bits per heavy atom. The zero-order valence-corrected chi connectivity index (χ0v) is 10.8. The molecule has 1 aliphatic rings. The molecule has 0 saturated carbocycles. The van der Waals surface area contributed by atoms with E-state index in [9.17, 15) is 14.4 Å². The predicted molar refractivity (Wildman–Crippen MR) is 67.6 cm³/mol. The van der Waals surface area contributed by atoms with Crippen molar-refractivity contribution in [3.05, 3.63) is 35.9 Å². The first kappa shape index (κ1) is 13.1. The first-order chi connectivity index (χ1) is 8.99. The maximum atomic E-state index is 12.3. The predicted octanol–water partition coefficient (Wildman–Crippen LogP) is 0.895. The molecule has 1 unspecified atom stereocenters. The van der Waals surface area contributed by atoms with Gasteiger partial charge in [0.25, 0.3) is 5.91 Å². The molecule has 1 saturated heterocycles. The van der Waals surface area contributed by atoms with Crippen molar-refractivity contribution in [2.75, 3.05) is 0 Å². The third-order valence-corrected chi connectivity index (χ3v) is 3.10. The van der Waals surface area contributed by atoms with Crippen molar-refractivity contribution >= 4 is 17.8 Å². The van der Waals surface area contributed by atoms with E-state index in [1.54, 1.807) is 38.1 Å². The summed E-state index contributed by atoms with van der Waals surface area (Å²) in [7, 11) is 0. The van der Waals surface area contributed by atoms with Gasteiger partial charge in [0, 0.05) is 6.42 Å². The summed E-state index contributed by atoms with van der Waals surface area (Å²) in [6.07, 6.45) is 0.194. The molecule has 2 rings (SSSR count). The van der Waals surface area contributed by atoms with Crippen LogP contribution in [0.3, 0.4) is 0 Å². The van der Waals surface area contributed by atoms with Crippen LogP contribution < -0.4 is 10.7 Å². The summed E-state index contributed by atoms with van der Waals surface area (Å²) in [6.45, 7) is 3.25. The maximum absolute atomic E-state index is 12.3. The van der Waals surface area contributed by atoms with Crippen molar-refractivity contribution < 1.29 is 14.4 Å². The van der Waals surface area contributed by atoms with Gasteiger partial charge in [-0.1, -0.05) is 37.3 Å². The number of carbonyl (C=O) groups is 3. The normalized spacial score (nSPS) is 22.3. The Morgan fingerprint density at radius 2 is 1.95 bits per heavy atom. The van der Waals surface area contributed by atoms with E-state index >= 15 is 0 Å². The molecule has 19 heavy (non-hydrogen) atoms. The Bertz CT molecular complexity index is 529. The smallest absolute Gasteiger partial charge is 0.318 e. The molecule has 1 aromatic carbocycles. The SMILES string of the molecule is CCC(=O)NN1C(=O)NC(C)(c2ccccc2)C1=O. The number of imide groups is 1. The summed E-state index contributed by atoms with van der Waals surface area (Å²) in [5, 5.41) is 3.33. The maximum Gasteiger partial charge on any atom is 0.344 e. The summed E-state index contributed by atoms with van der Waals surface area (Å²) >= 11 is 0. The molecule has 6 heteroatoms. The highest BCUT2D eigenvalue weighted by atomic mass is 16.2. The van der Waals surface area contributed by atoms with Crippen LogP contribution in [0, 0.1) is 0 Å². The molecule has 100 valence electrons. The first-order valence-corrected chi connectivity index (χ1v) is 6.00. The molecule has 0 spiro atoms. The van der Waals surface area contributed by atoms with Gasteiger partial charge in [-0.05, 0) is 12.5 Å². The van der Waals surface area contributed by atoms with Crippen LogP contribution in [0.2, 0.25) is 0 Å². The molecular formula is C13H15N3O3. The molecule has 0 radical (unpaired) electrons. The number of hydrazine groups is 1. The van der Waals surface area contributed by atoms with Crippen LogP contribution in [0.25, 0.3) is 0 Å². The summed E-state index contributed by atoms with van der Waals surface area (Å²) in [6, 6.07) is 8.27. The summed E-state index contributed by atoms with van der Waals surface area (Å²) < 4.78 is 0. The van der Waals surface area contributed by atoms with E-state index < -0.39 is 17.5 Å². The van der Waals surface area contributed by atoms with Crippen LogP contribution in [0.5, 0.6) is 0 Å². The molecule has 6 nitrogen and oxygen atoms in total. The molecule has 1 aliphatic heterocycles. The lowest BCUT2D eigenvalue weighted by Gasteiger charge is -2.21. The van der Waals surface area contributed by atoms with E-state index in [0.717, 1.165) is 5.01 Å². The number of nitrogens with one attached hydrogen (secondary N) is 2. The van der Waals surface area contributed by atoms with Crippen molar-refractivity contribution in [2.24, 2.45) is 0 Å². The quantitative estimate of drug-likeness (QED) is 0.793. The van der Waals surface area contributed by atoms with Gasteiger partial charge in [-0.15, -0.1) is 0 Å². The minimum Gasteiger partial charge on any atom is -0.318 e. The number of hydrogen-bond acceptors (Lipinski definition) is 3. The van der Waals surface area contributed by atoms with Crippen molar-refractivity contribution in [3.8, 4) is 0 Å². The van der Waals surface area contributed by atoms with Gasteiger partial charge < -0.3 is 5.32 Å². The van der Waals surface area contributed by atoms with Crippen molar-refractivity contribution in [1.82, 2.24) is 15.8 Å². The zero-order valence-electron chi connectivity index (χ0n) is 10.8. The summed E-state index contributed by atoms with van der Waals surface area (Å²) in [5.41, 5.74) is 1.80. The Hall–Kier alpha value is -2.37. The number of rotatable bonds is 3. The van der Waals surface area contributed by atoms with Gasteiger partial charge in [-0.2, -0.15) is 5.01 Å². The van der Waals surface area contributed by atoms with E-state index in [4.69, 9.17) is 0 Å². The second-order valence-corrected chi connectivity index (χ2v) is 4.45. The first-order valence-electron chi connectivity index (χ1n) is 6.00. The number of benzene rings is 1. The lowest BCUT2D eigenvalue weighted by atomic mass is 9.92. The average molecular weight is 261 g/mol. The fourth-order valence-corrected chi connectivity index (χ4v) is 1.91. The lowest BCUT2D eigenvalue weighted by molar-refractivity contribution is -0.138. The third kappa shape index (κ3) is 2.16. The average Bonchev–Trinajstić information content (AvgIpc) is 2.64. The minimum absolute atomic E-state index is 0.194. The number of hydrogen-bond donors (Lipinski definition) is 2. The van der Waals surface area contributed by atoms with Gasteiger partial charge in [0.15, 0.2) is 0 Å². The highest BCUT2D eigenvalue weighted by Gasteiger charge is 2.49. The van der Waals surface area contributed by atoms with E-state index in [1.807, 2.05) is 6.07 Å². The van der Waals surface area contributed by atoms with Crippen molar-refractivity contribution in [3.63, 3.8) is 0 Å². The van der Waals surface area contributed by atoms with Crippen LogP contribution in [-0.2, 0) is 15.1 Å². The van der Waals surface area contributed by atoms with Gasteiger partial charge in [0.2, 0.25) is 5.91 Å². The van der Waals surface area contributed by atoms with Crippen molar-refractivity contribution in [2.45, 2.75) is 25.8 Å². The van der Waals surface area contributed by atoms with Gasteiger partial charge in [0.05, 0.1) is 0 Å². The van der Waals surface area contributed by atoms with E-state index in [0.29, 0.717) is 5.56 Å². The molecule has 1 heterocycles. The molecule has 1 fully saturated rings. The van der Waals surface area contributed by atoms with E-state index in [-0.39, 0.29) is 12.3 Å². The molecule has 0 aliphatic carbocycles. The van der Waals surface area contributed by atoms with Crippen LogP contribution in [0.1, 0.15) is 25.8 Å². The summed E-state index contributed by atoms with van der Waals surface area (Å²) in [4.78, 5) is 35.4. The number of nitrogens with zero attached hydrogens (tertiary/aromatic N) is 1. The lowest BCUT2D eigenvalue weighted by Crippen LogP contribution is -2.47. The van der Waals surface area contributed by atoms with Crippen LogP contribution >= 0.6 is 0 Å². The van der Waals surface area contributed by atoms with Gasteiger partial charge in [-0.25, -0.2) is 4.79 Å². The van der Waals surface area contributed by atoms with Gasteiger partial charge in [0.1, 0.15) is 5.54 Å². The number of carbonyl (C=O) groups excluding carboxylic acids is 3. The third-order valence-electron chi connectivity index (χ3n) is 3.10. The van der Waals surface area contributed by atoms with Crippen LogP contribution in [-0.4, -0.2) is 22.9 Å². The topological polar surface area (TPSA) is 78.5 Å². The Balaban J connectivity index is 2.29. The van der Waals surface area contributed by atoms with E-state index in [2.05, 4.69) is 10.7 Å².